The number of hydrogen-bond donors (Lipinski definition) is 0. The number of carbonyl (C=O) groups is 1. The molecule has 0 heterocycles. The molecule has 0 unspecified atom stereocenters. The molecule has 0 bridgehead atoms. The van der Waals surface area contributed by atoms with Gasteiger partial charge in [-0.15, -0.1) is 6.42 Å². The number of nitrogens with zero attached hydrogens (tertiary/aromatic N) is 1. The monoisotopic (exact) mass is 187 g/mol. The summed E-state index contributed by atoms with van der Waals surface area (Å²) >= 11 is 5.14. The second-order valence-corrected chi connectivity index (χ2v) is 2.18. The minimum absolute atomic E-state index is 0.0554. The number of terminal acetylenes is 1. The van der Waals surface area contributed by atoms with Crippen molar-refractivity contribution in [3.8, 4) is 12.3 Å². The zero-order chi connectivity index (χ0) is 9.40. The number of hydrogen-bond acceptors (Lipinski definition) is 2. The molecular formula is C8H10ClNO2. The molecule has 1 amide bonds. The predicted octanol–water partition coefficient (Wildman–Crippen LogP) is 1.79. The lowest BCUT2D eigenvalue weighted by molar-refractivity contribution is -0.0868. The fourth-order valence-electron chi connectivity index (χ4n) is 0.471. The van der Waals surface area contributed by atoms with Gasteiger partial charge in [0.25, 0.3) is 0 Å². The Kier molecular flexibility index (Phi) is 6.16. The maximum absolute atomic E-state index is 10.6. The minimum atomic E-state index is -0.711. The molecule has 3 nitrogen and oxygen atoms in total. The summed E-state index contributed by atoms with van der Waals surface area (Å²) in [5.74, 6) is 2.25. The third-order valence-electron chi connectivity index (χ3n) is 0.993. The van der Waals surface area contributed by atoms with Crippen molar-refractivity contribution in [1.82, 2.24) is 5.06 Å². The van der Waals surface area contributed by atoms with Crippen molar-refractivity contribution in [2.75, 3.05) is 13.2 Å². The van der Waals surface area contributed by atoms with Crippen LogP contribution in [0, 0.1) is 12.3 Å². The Morgan fingerprint density at radius 3 is 2.92 bits per heavy atom. The van der Waals surface area contributed by atoms with Gasteiger partial charge in [0.1, 0.15) is 6.54 Å². The molecule has 0 aromatic heterocycles. The van der Waals surface area contributed by atoms with Gasteiger partial charge >= 0.3 is 5.37 Å². The molecular weight excluding hydrogens is 178 g/mol. The van der Waals surface area contributed by atoms with E-state index in [1.165, 1.54) is 0 Å². The first-order chi connectivity index (χ1) is 5.72. The van der Waals surface area contributed by atoms with Crippen LogP contribution in [-0.2, 0) is 4.84 Å². The van der Waals surface area contributed by atoms with E-state index in [1.54, 1.807) is 12.2 Å². The average molecular weight is 188 g/mol. The van der Waals surface area contributed by atoms with Crippen LogP contribution in [0.4, 0.5) is 4.79 Å². The van der Waals surface area contributed by atoms with Crippen LogP contribution in [-0.4, -0.2) is 23.6 Å². The van der Waals surface area contributed by atoms with E-state index in [0.29, 0.717) is 0 Å². The van der Waals surface area contributed by atoms with Gasteiger partial charge in [0.15, 0.2) is 0 Å². The van der Waals surface area contributed by atoms with Crippen molar-refractivity contribution < 1.29 is 9.63 Å². The fraction of sp³-hybridized carbons (Fsp3) is 0.375. The highest BCUT2D eigenvalue weighted by Gasteiger charge is 2.07. The highest BCUT2D eigenvalue weighted by Crippen LogP contribution is 1.96. The van der Waals surface area contributed by atoms with Gasteiger partial charge in [-0.25, -0.2) is 0 Å². The number of hydroxylamine groups is 2. The van der Waals surface area contributed by atoms with E-state index in [2.05, 4.69) is 5.92 Å². The van der Waals surface area contributed by atoms with Crippen LogP contribution >= 0.6 is 11.6 Å². The summed E-state index contributed by atoms with van der Waals surface area (Å²) in [6.07, 6.45) is 8.51. The predicted molar refractivity (Wildman–Crippen MR) is 47.6 cm³/mol. The lowest BCUT2D eigenvalue weighted by Gasteiger charge is -2.14. The zero-order valence-corrected chi connectivity index (χ0v) is 7.54. The van der Waals surface area contributed by atoms with Crippen LogP contribution in [0.2, 0.25) is 0 Å². The van der Waals surface area contributed by atoms with E-state index in [4.69, 9.17) is 22.9 Å². The van der Waals surface area contributed by atoms with Crippen molar-refractivity contribution in [2.24, 2.45) is 0 Å². The quantitative estimate of drug-likeness (QED) is 0.221. The first kappa shape index (κ1) is 11.0. The molecule has 0 rings (SSSR count). The second kappa shape index (κ2) is 6.71. The van der Waals surface area contributed by atoms with Crippen molar-refractivity contribution in [3.63, 3.8) is 0 Å². The molecule has 0 aliphatic heterocycles. The van der Waals surface area contributed by atoms with Crippen LogP contribution in [0.25, 0.3) is 0 Å². The Labute approximate surface area is 76.9 Å². The Bertz CT molecular complexity index is 208. The summed E-state index contributed by atoms with van der Waals surface area (Å²) in [6.45, 7) is 2.19. The Morgan fingerprint density at radius 2 is 2.50 bits per heavy atom. The summed E-state index contributed by atoms with van der Waals surface area (Å²) in [5, 5.41) is 0.208. The summed E-state index contributed by atoms with van der Waals surface area (Å²) in [6, 6.07) is 0. The highest BCUT2D eigenvalue weighted by molar-refractivity contribution is 6.62. The van der Waals surface area contributed by atoms with Gasteiger partial charge in [-0.2, -0.15) is 5.06 Å². The van der Waals surface area contributed by atoms with Crippen LogP contribution in [0.5, 0.6) is 0 Å². The van der Waals surface area contributed by atoms with Gasteiger partial charge in [0.2, 0.25) is 0 Å². The van der Waals surface area contributed by atoms with Gasteiger partial charge in [-0.3, -0.25) is 9.63 Å². The number of carbonyl (C=O) groups excluding carboxylic acids is 1. The molecule has 4 heteroatoms. The zero-order valence-electron chi connectivity index (χ0n) is 6.79. The van der Waals surface area contributed by atoms with E-state index in [9.17, 15) is 4.79 Å². The molecule has 0 radical (unpaired) electrons. The number of allylic oxidation sites excluding steroid dienone is 1. The first-order valence-corrected chi connectivity index (χ1v) is 3.74. The highest BCUT2D eigenvalue weighted by atomic mass is 35.5. The van der Waals surface area contributed by atoms with Gasteiger partial charge < -0.3 is 0 Å². The Balaban J connectivity index is 3.81. The van der Waals surface area contributed by atoms with Crippen LogP contribution in [0.1, 0.15) is 6.92 Å². The summed E-state index contributed by atoms with van der Waals surface area (Å²) in [5.41, 5.74) is 0. The Hall–Kier alpha value is -0.980. The molecule has 66 valence electrons. The van der Waals surface area contributed by atoms with Gasteiger partial charge in [-0.1, -0.05) is 18.1 Å². The second-order valence-electron chi connectivity index (χ2n) is 1.86. The molecule has 0 fully saturated rings. The Morgan fingerprint density at radius 1 is 1.83 bits per heavy atom. The van der Waals surface area contributed by atoms with E-state index in [1.807, 2.05) is 6.92 Å². The molecule has 0 saturated heterocycles. The van der Waals surface area contributed by atoms with Crippen molar-refractivity contribution in [3.05, 3.63) is 12.2 Å². The van der Waals surface area contributed by atoms with E-state index < -0.39 is 5.37 Å². The third-order valence-corrected chi connectivity index (χ3v) is 1.18. The molecule has 12 heavy (non-hydrogen) atoms. The average Bonchev–Trinajstić information content (AvgIpc) is 2.03. The third kappa shape index (κ3) is 4.78. The van der Waals surface area contributed by atoms with Gasteiger partial charge in [0.05, 0.1) is 6.61 Å². The number of halogens is 1. The maximum atomic E-state index is 10.6. The smallest absolute Gasteiger partial charge is 0.265 e. The van der Waals surface area contributed by atoms with Crippen LogP contribution < -0.4 is 0 Å². The molecule has 0 aliphatic carbocycles. The molecule has 0 aromatic rings. The summed E-state index contributed by atoms with van der Waals surface area (Å²) in [4.78, 5) is 15.5. The van der Waals surface area contributed by atoms with E-state index in [0.717, 1.165) is 5.06 Å². The SMILES string of the molecule is C#CCN(OCC=CC)C(=O)Cl. The molecule has 0 atom stereocenters. The topological polar surface area (TPSA) is 29.5 Å². The summed E-state index contributed by atoms with van der Waals surface area (Å²) in [7, 11) is 0. The normalized spacial score (nSPS) is 9.75. The minimum Gasteiger partial charge on any atom is -0.265 e. The van der Waals surface area contributed by atoms with Gasteiger partial charge in [-0.05, 0) is 18.5 Å². The molecule has 0 N–H and O–H groups in total. The largest absolute Gasteiger partial charge is 0.341 e. The molecule has 0 aliphatic rings. The fourth-order valence-corrected chi connectivity index (χ4v) is 0.579. The van der Waals surface area contributed by atoms with Crippen molar-refractivity contribution in [2.45, 2.75) is 6.92 Å². The summed E-state index contributed by atoms with van der Waals surface area (Å²) < 4.78 is 0. The lowest BCUT2D eigenvalue weighted by atomic mass is 10.6. The van der Waals surface area contributed by atoms with Crippen molar-refractivity contribution in [1.29, 1.82) is 0 Å². The maximum Gasteiger partial charge on any atom is 0.341 e. The lowest BCUT2D eigenvalue weighted by Crippen LogP contribution is -2.26. The van der Waals surface area contributed by atoms with Crippen LogP contribution in [0.15, 0.2) is 12.2 Å². The van der Waals surface area contributed by atoms with Crippen LogP contribution in [0.3, 0.4) is 0 Å². The first-order valence-electron chi connectivity index (χ1n) is 3.37. The number of amides is 1. The van der Waals surface area contributed by atoms with Crippen molar-refractivity contribution >= 4 is 17.0 Å². The van der Waals surface area contributed by atoms with E-state index in [-0.39, 0.29) is 13.2 Å². The molecule has 0 spiro atoms. The molecule has 0 aromatic carbocycles. The van der Waals surface area contributed by atoms with E-state index >= 15 is 0 Å². The van der Waals surface area contributed by atoms with Gasteiger partial charge in [0, 0.05) is 0 Å². The number of rotatable bonds is 4. The molecule has 0 saturated carbocycles. The standard InChI is InChI=1S/C8H10ClNO2/c1-3-5-7-12-10(6-4-2)8(9)11/h2-3,5H,6-7H2,1H3.